The van der Waals surface area contributed by atoms with Crippen molar-refractivity contribution in [2.45, 2.75) is 0 Å². The number of sulfone groups is 1. The lowest BCUT2D eigenvalue weighted by Crippen LogP contribution is -2.00. The van der Waals surface area contributed by atoms with Crippen LogP contribution >= 0.6 is 12.4 Å². The minimum atomic E-state index is -2.84. The van der Waals surface area contributed by atoms with Crippen molar-refractivity contribution in [1.82, 2.24) is 0 Å². The summed E-state index contributed by atoms with van der Waals surface area (Å²) in [4.78, 5) is 0. The highest BCUT2D eigenvalue weighted by atomic mass is 35.5. The molecule has 0 aliphatic carbocycles. The molecular weight excluding hydrogens is 174 g/mol. The summed E-state index contributed by atoms with van der Waals surface area (Å²) in [5.74, 6) is 0.0875. The molecule has 0 saturated heterocycles. The molecule has 0 aromatic rings. The number of hydrogen-bond acceptors (Lipinski definition) is 3. The van der Waals surface area contributed by atoms with E-state index in [1.165, 1.54) is 6.26 Å². The van der Waals surface area contributed by atoms with Crippen molar-refractivity contribution in [2.24, 2.45) is 5.73 Å². The molecule has 0 saturated carbocycles. The van der Waals surface area contributed by atoms with E-state index in [1.54, 1.807) is 12.2 Å². The molecule has 0 bridgehead atoms. The van der Waals surface area contributed by atoms with Gasteiger partial charge in [-0.25, -0.2) is 8.42 Å². The van der Waals surface area contributed by atoms with Crippen molar-refractivity contribution in [3.05, 3.63) is 12.2 Å². The van der Waals surface area contributed by atoms with Crippen LogP contribution in [0, 0.1) is 0 Å². The molecule has 0 aliphatic rings. The highest BCUT2D eigenvalue weighted by molar-refractivity contribution is 7.90. The van der Waals surface area contributed by atoms with Crippen LogP contribution in [0.1, 0.15) is 0 Å². The lowest BCUT2D eigenvalue weighted by molar-refractivity contribution is 0.604. The van der Waals surface area contributed by atoms with Crippen molar-refractivity contribution < 1.29 is 8.42 Å². The van der Waals surface area contributed by atoms with E-state index < -0.39 is 9.84 Å². The summed E-state index contributed by atoms with van der Waals surface area (Å²) in [7, 11) is -2.84. The van der Waals surface area contributed by atoms with Crippen molar-refractivity contribution in [1.29, 1.82) is 0 Å². The summed E-state index contributed by atoms with van der Waals surface area (Å²) >= 11 is 0. The Morgan fingerprint density at radius 3 is 2.20 bits per heavy atom. The van der Waals surface area contributed by atoms with Gasteiger partial charge in [0.1, 0.15) is 0 Å². The van der Waals surface area contributed by atoms with Gasteiger partial charge in [0.05, 0.1) is 5.75 Å². The van der Waals surface area contributed by atoms with Gasteiger partial charge >= 0.3 is 0 Å². The molecule has 0 amide bonds. The van der Waals surface area contributed by atoms with Gasteiger partial charge in [0, 0.05) is 12.8 Å². The molecule has 62 valence electrons. The molecular formula is C5H12ClNO2S. The van der Waals surface area contributed by atoms with Gasteiger partial charge in [0.15, 0.2) is 9.84 Å². The van der Waals surface area contributed by atoms with Crippen LogP contribution in [0.4, 0.5) is 0 Å². The van der Waals surface area contributed by atoms with Crippen molar-refractivity contribution in [3.63, 3.8) is 0 Å². The van der Waals surface area contributed by atoms with E-state index in [4.69, 9.17) is 5.73 Å². The van der Waals surface area contributed by atoms with Gasteiger partial charge < -0.3 is 5.73 Å². The second-order valence-electron chi connectivity index (χ2n) is 1.80. The molecule has 0 rings (SSSR count). The Morgan fingerprint density at radius 1 is 1.40 bits per heavy atom. The number of rotatable bonds is 3. The fourth-order valence-electron chi connectivity index (χ4n) is 0.339. The van der Waals surface area contributed by atoms with Crippen molar-refractivity contribution in [3.8, 4) is 0 Å². The van der Waals surface area contributed by atoms with Gasteiger partial charge in [-0.2, -0.15) is 0 Å². The highest BCUT2D eigenvalue weighted by Gasteiger charge is 1.94. The third-order valence-corrected chi connectivity index (χ3v) is 1.50. The molecule has 2 N–H and O–H groups in total. The first kappa shape index (κ1) is 12.6. The topological polar surface area (TPSA) is 60.2 Å². The first-order valence-electron chi connectivity index (χ1n) is 2.59. The molecule has 10 heavy (non-hydrogen) atoms. The van der Waals surface area contributed by atoms with Crippen molar-refractivity contribution >= 4 is 22.2 Å². The minimum Gasteiger partial charge on any atom is -0.327 e. The predicted molar refractivity (Wildman–Crippen MR) is 45.2 cm³/mol. The molecule has 0 aromatic carbocycles. The Labute approximate surface area is 67.6 Å². The van der Waals surface area contributed by atoms with Crippen LogP contribution in [0.25, 0.3) is 0 Å². The predicted octanol–water partition coefficient (Wildman–Crippen LogP) is -0.0323. The summed E-state index contributed by atoms with van der Waals surface area (Å²) in [6.45, 7) is 0.398. The van der Waals surface area contributed by atoms with Gasteiger partial charge in [-0.05, 0) is 0 Å². The zero-order valence-electron chi connectivity index (χ0n) is 5.78. The first-order valence-corrected chi connectivity index (χ1v) is 4.65. The molecule has 0 radical (unpaired) electrons. The molecule has 0 fully saturated rings. The van der Waals surface area contributed by atoms with Crippen LogP contribution in [0.3, 0.4) is 0 Å². The maximum Gasteiger partial charge on any atom is 0.150 e. The zero-order chi connectivity index (χ0) is 7.33. The summed E-state index contributed by atoms with van der Waals surface area (Å²) in [5.41, 5.74) is 5.08. The molecule has 0 heterocycles. The smallest absolute Gasteiger partial charge is 0.150 e. The number of nitrogens with two attached hydrogens (primary N) is 1. The molecule has 0 aliphatic heterocycles. The third-order valence-electron chi connectivity index (χ3n) is 0.702. The summed E-state index contributed by atoms with van der Waals surface area (Å²) in [5, 5.41) is 0. The van der Waals surface area contributed by atoms with E-state index in [2.05, 4.69) is 0 Å². The van der Waals surface area contributed by atoms with E-state index in [9.17, 15) is 8.42 Å². The van der Waals surface area contributed by atoms with Crippen LogP contribution in [0.5, 0.6) is 0 Å². The Bertz CT molecular complexity index is 186. The van der Waals surface area contributed by atoms with Gasteiger partial charge in [-0.1, -0.05) is 12.2 Å². The molecule has 0 atom stereocenters. The quantitative estimate of drug-likeness (QED) is 0.629. The number of hydrogen-bond donors (Lipinski definition) is 1. The standard InChI is InChI=1S/C5H11NO2S.ClH/c1-9(7,8)5-3-2-4-6;/h2-3H,4-6H2,1H3;1H/b3-2+;. The maximum atomic E-state index is 10.4. The monoisotopic (exact) mass is 185 g/mol. The van der Waals surface area contributed by atoms with Gasteiger partial charge in [-0.3, -0.25) is 0 Å². The maximum absolute atomic E-state index is 10.4. The first-order chi connectivity index (χ1) is 4.06. The molecule has 0 unspecified atom stereocenters. The van der Waals surface area contributed by atoms with Gasteiger partial charge in [-0.15, -0.1) is 12.4 Å². The molecule has 0 spiro atoms. The second kappa shape index (κ2) is 5.70. The second-order valence-corrected chi connectivity index (χ2v) is 3.98. The minimum absolute atomic E-state index is 0. The lowest BCUT2D eigenvalue weighted by atomic mass is 10.5. The summed E-state index contributed by atoms with van der Waals surface area (Å²) in [6.07, 6.45) is 4.37. The highest BCUT2D eigenvalue weighted by Crippen LogP contribution is 1.82. The fraction of sp³-hybridized carbons (Fsp3) is 0.600. The Kier molecular flexibility index (Phi) is 7.19. The van der Waals surface area contributed by atoms with Crippen LogP contribution < -0.4 is 5.73 Å². The summed E-state index contributed by atoms with van der Waals surface area (Å²) in [6, 6.07) is 0. The third kappa shape index (κ3) is 10.8. The fourth-order valence-corrected chi connectivity index (χ4v) is 0.825. The van der Waals surface area contributed by atoms with Crippen LogP contribution in [-0.4, -0.2) is 27.0 Å². The van der Waals surface area contributed by atoms with Crippen LogP contribution in [0.15, 0.2) is 12.2 Å². The molecule has 0 aromatic heterocycles. The Morgan fingerprint density at radius 2 is 1.90 bits per heavy atom. The number of halogens is 1. The Hall–Kier alpha value is -0.0600. The SMILES string of the molecule is CS(=O)(=O)C/C=C/CN.Cl. The largest absolute Gasteiger partial charge is 0.327 e. The lowest BCUT2D eigenvalue weighted by Gasteiger charge is -1.86. The van der Waals surface area contributed by atoms with E-state index in [0.29, 0.717) is 6.54 Å². The van der Waals surface area contributed by atoms with Crippen molar-refractivity contribution in [2.75, 3.05) is 18.6 Å². The van der Waals surface area contributed by atoms with E-state index >= 15 is 0 Å². The van der Waals surface area contributed by atoms with Gasteiger partial charge in [0.25, 0.3) is 0 Å². The molecule has 5 heteroatoms. The van der Waals surface area contributed by atoms with Crippen LogP contribution in [0.2, 0.25) is 0 Å². The van der Waals surface area contributed by atoms with E-state index in [-0.39, 0.29) is 18.2 Å². The van der Waals surface area contributed by atoms with Crippen LogP contribution in [-0.2, 0) is 9.84 Å². The zero-order valence-corrected chi connectivity index (χ0v) is 7.41. The summed E-state index contributed by atoms with van der Waals surface area (Å²) < 4.78 is 20.8. The normalized spacial score (nSPS) is 11.4. The average Bonchev–Trinajstić information content (AvgIpc) is 1.63. The average molecular weight is 186 g/mol. The van der Waals surface area contributed by atoms with E-state index in [1.807, 2.05) is 0 Å². The molecule has 3 nitrogen and oxygen atoms in total. The van der Waals surface area contributed by atoms with Gasteiger partial charge in [0.2, 0.25) is 0 Å². The Balaban J connectivity index is 0. The van der Waals surface area contributed by atoms with E-state index in [0.717, 1.165) is 0 Å².